The van der Waals surface area contributed by atoms with E-state index in [4.69, 9.17) is 20.8 Å². The molecule has 5 heteroatoms. The van der Waals surface area contributed by atoms with Crippen molar-refractivity contribution in [2.45, 2.75) is 20.5 Å². The van der Waals surface area contributed by atoms with Crippen LogP contribution in [0.4, 0.5) is 4.39 Å². The second kappa shape index (κ2) is 6.05. The first-order valence-electron chi connectivity index (χ1n) is 7.06. The Balaban J connectivity index is 1.94. The van der Waals surface area contributed by atoms with Gasteiger partial charge in [-0.25, -0.2) is 9.18 Å². The molecule has 23 heavy (non-hydrogen) atoms. The number of ether oxygens (including phenoxy) is 1. The molecule has 3 nitrogen and oxygen atoms in total. The summed E-state index contributed by atoms with van der Waals surface area (Å²) in [4.78, 5) is 11.6. The summed E-state index contributed by atoms with van der Waals surface area (Å²) in [5.41, 5.74) is 2.39. The van der Waals surface area contributed by atoms with Crippen LogP contribution in [0.1, 0.15) is 16.7 Å². The molecule has 0 spiro atoms. The molecular formula is C18H14ClFO3. The fraction of sp³-hybridized carbons (Fsp3) is 0.167. The lowest BCUT2D eigenvalue weighted by atomic mass is 10.1. The molecule has 0 atom stereocenters. The molecule has 1 aromatic heterocycles. The maximum atomic E-state index is 13.1. The fourth-order valence-corrected chi connectivity index (χ4v) is 2.67. The normalized spacial score (nSPS) is 11.0. The van der Waals surface area contributed by atoms with Gasteiger partial charge in [0.2, 0.25) is 0 Å². The second-order valence-electron chi connectivity index (χ2n) is 5.34. The number of hydrogen-bond acceptors (Lipinski definition) is 3. The zero-order valence-corrected chi connectivity index (χ0v) is 13.4. The Morgan fingerprint density at radius 1 is 1.17 bits per heavy atom. The van der Waals surface area contributed by atoms with Crippen LogP contribution >= 0.6 is 11.6 Å². The number of benzene rings is 2. The maximum absolute atomic E-state index is 13.1. The van der Waals surface area contributed by atoms with Gasteiger partial charge in [-0.15, -0.1) is 0 Å². The van der Waals surface area contributed by atoms with Crippen molar-refractivity contribution in [3.8, 4) is 5.75 Å². The number of hydrogen-bond donors (Lipinski definition) is 0. The van der Waals surface area contributed by atoms with Crippen molar-refractivity contribution in [1.29, 1.82) is 0 Å². The summed E-state index contributed by atoms with van der Waals surface area (Å²) in [6.07, 6.45) is 0. The van der Waals surface area contributed by atoms with Crippen molar-refractivity contribution >= 4 is 22.6 Å². The van der Waals surface area contributed by atoms with Crippen molar-refractivity contribution in [2.24, 2.45) is 0 Å². The SMILES string of the molecule is Cc1cc(=O)oc2c(C)c(OCc3ccc(F)cc3Cl)ccc12. The van der Waals surface area contributed by atoms with E-state index in [1.165, 1.54) is 18.2 Å². The van der Waals surface area contributed by atoms with Gasteiger partial charge < -0.3 is 9.15 Å². The van der Waals surface area contributed by atoms with E-state index in [-0.39, 0.29) is 6.61 Å². The first kappa shape index (κ1) is 15.6. The molecule has 0 N–H and O–H groups in total. The Bertz CT molecular complexity index is 947. The lowest BCUT2D eigenvalue weighted by Gasteiger charge is -2.12. The quantitative estimate of drug-likeness (QED) is 0.648. The second-order valence-corrected chi connectivity index (χ2v) is 5.75. The van der Waals surface area contributed by atoms with Crippen molar-refractivity contribution in [3.63, 3.8) is 0 Å². The number of aryl methyl sites for hydroxylation is 2. The van der Waals surface area contributed by atoms with Crippen molar-refractivity contribution in [2.75, 3.05) is 0 Å². The van der Waals surface area contributed by atoms with Gasteiger partial charge in [-0.05, 0) is 43.7 Å². The minimum Gasteiger partial charge on any atom is -0.488 e. The highest BCUT2D eigenvalue weighted by atomic mass is 35.5. The molecule has 0 unspecified atom stereocenters. The Morgan fingerprint density at radius 2 is 1.96 bits per heavy atom. The summed E-state index contributed by atoms with van der Waals surface area (Å²) in [6, 6.07) is 9.29. The van der Waals surface area contributed by atoms with Crippen molar-refractivity contribution in [1.82, 2.24) is 0 Å². The summed E-state index contributed by atoms with van der Waals surface area (Å²) in [5, 5.41) is 1.18. The monoisotopic (exact) mass is 332 g/mol. The zero-order valence-electron chi connectivity index (χ0n) is 12.7. The number of rotatable bonds is 3. The van der Waals surface area contributed by atoms with E-state index in [2.05, 4.69) is 0 Å². The molecule has 0 bridgehead atoms. The van der Waals surface area contributed by atoms with E-state index in [1.807, 2.05) is 26.0 Å². The van der Waals surface area contributed by atoms with Crippen LogP contribution < -0.4 is 10.4 Å². The van der Waals surface area contributed by atoms with Gasteiger partial charge in [0.15, 0.2) is 0 Å². The van der Waals surface area contributed by atoms with E-state index in [1.54, 1.807) is 6.07 Å². The molecule has 0 fully saturated rings. The molecule has 1 heterocycles. The van der Waals surface area contributed by atoms with Gasteiger partial charge in [0.25, 0.3) is 0 Å². The topological polar surface area (TPSA) is 39.4 Å². The van der Waals surface area contributed by atoms with Gasteiger partial charge >= 0.3 is 5.63 Å². The summed E-state index contributed by atoms with van der Waals surface area (Å²) >= 11 is 5.99. The smallest absolute Gasteiger partial charge is 0.336 e. The van der Waals surface area contributed by atoms with Crippen molar-refractivity contribution in [3.05, 3.63) is 74.3 Å². The highest BCUT2D eigenvalue weighted by molar-refractivity contribution is 6.31. The van der Waals surface area contributed by atoms with Gasteiger partial charge in [-0.2, -0.15) is 0 Å². The van der Waals surface area contributed by atoms with E-state index in [9.17, 15) is 9.18 Å². The number of fused-ring (bicyclic) bond motifs is 1. The van der Waals surface area contributed by atoms with Gasteiger partial charge in [0, 0.05) is 22.6 Å². The molecule has 118 valence electrons. The van der Waals surface area contributed by atoms with Crippen LogP contribution in [0, 0.1) is 19.7 Å². The van der Waals surface area contributed by atoms with E-state index >= 15 is 0 Å². The average molecular weight is 333 g/mol. The van der Waals surface area contributed by atoms with Crippen LogP contribution in [0.25, 0.3) is 11.0 Å². The lowest BCUT2D eigenvalue weighted by molar-refractivity contribution is 0.304. The predicted octanol–water partition coefficient (Wildman–Crippen LogP) is 4.78. The Kier molecular flexibility index (Phi) is 4.09. The highest BCUT2D eigenvalue weighted by Crippen LogP contribution is 2.29. The predicted molar refractivity (Wildman–Crippen MR) is 87.7 cm³/mol. The Hall–Kier alpha value is -2.33. The summed E-state index contributed by atoms with van der Waals surface area (Å²) in [5.74, 6) is 0.199. The molecular weight excluding hydrogens is 319 g/mol. The van der Waals surface area contributed by atoms with Crippen LogP contribution in [0.15, 0.2) is 45.6 Å². The standard InChI is InChI=1S/C18H14ClFO3/c1-10-7-17(21)23-18-11(2)16(6-5-14(10)18)22-9-12-3-4-13(20)8-15(12)19/h3-8H,9H2,1-2H3. The van der Waals surface area contributed by atoms with Crippen LogP contribution in [-0.2, 0) is 6.61 Å². The van der Waals surface area contributed by atoms with Crippen molar-refractivity contribution < 1.29 is 13.5 Å². The molecule has 0 aliphatic carbocycles. The average Bonchev–Trinajstić information content (AvgIpc) is 2.48. The van der Waals surface area contributed by atoms with Crippen LogP contribution in [0.3, 0.4) is 0 Å². The van der Waals surface area contributed by atoms with E-state index in [0.29, 0.717) is 21.9 Å². The maximum Gasteiger partial charge on any atom is 0.336 e. The van der Waals surface area contributed by atoms with Gasteiger partial charge in [-0.3, -0.25) is 0 Å². The summed E-state index contributed by atoms with van der Waals surface area (Å²) in [6.45, 7) is 3.88. The highest BCUT2D eigenvalue weighted by Gasteiger charge is 2.11. The lowest BCUT2D eigenvalue weighted by Crippen LogP contribution is -2.02. The van der Waals surface area contributed by atoms with E-state index < -0.39 is 11.4 Å². The summed E-state index contributed by atoms with van der Waals surface area (Å²) < 4.78 is 24.1. The van der Waals surface area contributed by atoms with Crippen LogP contribution in [-0.4, -0.2) is 0 Å². The molecule has 3 aromatic rings. The third kappa shape index (κ3) is 3.08. The van der Waals surface area contributed by atoms with Gasteiger partial charge in [-0.1, -0.05) is 17.7 Å². The third-order valence-electron chi connectivity index (χ3n) is 3.72. The fourth-order valence-electron chi connectivity index (χ4n) is 2.45. The van der Waals surface area contributed by atoms with E-state index in [0.717, 1.165) is 16.5 Å². The molecule has 0 saturated carbocycles. The molecule has 0 amide bonds. The first-order valence-corrected chi connectivity index (χ1v) is 7.44. The third-order valence-corrected chi connectivity index (χ3v) is 4.07. The van der Waals surface area contributed by atoms with Crippen LogP contribution in [0.2, 0.25) is 5.02 Å². The first-order chi connectivity index (χ1) is 11.0. The van der Waals surface area contributed by atoms with Gasteiger partial charge in [0.1, 0.15) is 23.8 Å². The van der Waals surface area contributed by atoms with Crippen LogP contribution in [0.5, 0.6) is 5.75 Å². The molecule has 0 aliphatic heterocycles. The Labute approximate surface area is 137 Å². The molecule has 3 rings (SSSR count). The molecule has 2 aromatic carbocycles. The molecule has 0 aliphatic rings. The number of halogens is 2. The molecule has 0 radical (unpaired) electrons. The summed E-state index contributed by atoms with van der Waals surface area (Å²) in [7, 11) is 0. The minimum atomic E-state index is -0.392. The minimum absolute atomic E-state index is 0.196. The Morgan fingerprint density at radius 3 is 2.70 bits per heavy atom. The zero-order chi connectivity index (χ0) is 16.6. The molecule has 0 saturated heterocycles. The van der Waals surface area contributed by atoms with Gasteiger partial charge in [0.05, 0.1) is 5.02 Å². The largest absolute Gasteiger partial charge is 0.488 e.